The lowest BCUT2D eigenvalue weighted by molar-refractivity contribution is -0.131. The highest BCUT2D eigenvalue weighted by molar-refractivity contribution is 5.87. The molecule has 0 bridgehead atoms. The first-order valence-corrected chi connectivity index (χ1v) is 8.47. The Morgan fingerprint density at radius 1 is 1.00 bits per heavy atom. The van der Waals surface area contributed by atoms with Crippen LogP contribution in [0, 0.1) is 0 Å². The summed E-state index contributed by atoms with van der Waals surface area (Å²) in [6.07, 6.45) is 4.44. The molecule has 0 aliphatic heterocycles. The van der Waals surface area contributed by atoms with Gasteiger partial charge in [-0.1, -0.05) is 54.6 Å². The third-order valence-electron chi connectivity index (χ3n) is 4.56. The minimum atomic E-state index is 0.194. The summed E-state index contributed by atoms with van der Waals surface area (Å²) in [6.45, 7) is 0.697. The van der Waals surface area contributed by atoms with Crippen LogP contribution in [0.4, 0.5) is 0 Å². The average Bonchev–Trinajstić information content (AvgIpc) is 3.46. The van der Waals surface area contributed by atoms with Crippen molar-refractivity contribution in [3.63, 3.8) is 0 Å². The van der Waals surface area contributed by atoms with E-state index in [0.717, 1.165) is 29.3 Å². The van der Waals surface area contributed by atoms with Crippen molar-refractivity contribution in [1.29, 1.82) is 0 Å². The van der Waals surface area contributed by atoms with Gasteiger partial charge in [0.1, 0.15) is 0 Å². The van der Waals surface area contributed by atoms with Gasteiger partial charge in [-0.15, -0.1) is 0 Å². The molecule has 1 aromatic heterocycles. The highest BCUT2D eigenvalue weighted by Gasteiger charge is 2.32. The van der Waals surface area contributed by atoms with Crippen molar-refractivity contribution in [2.75, 3.05) is 0 Å². The maximum atomic E-state index is 12.9. The van der Waals surface area contributed by atoms with Crippen LogP contribution >= 0.6 is 0 Å². The zero-order valence-corrected chi connectivity index (χ0v) is 13.6. The first kappa shape index (κ1) is 14.9. The van der Waals surface area contributed by atoms with Crippen LogP contribution in [0.15, 0.2) is 66.9 Å². The Morgan fingerprint density at radius 3 is 2.58 bits per heavy atom. The van der Waals surface area contributed by atoms with Gasteiger partial charge in [-0.3, -0.25) is 9.78 Å². The van der Waals surface area contributed by atoms with Crippen molar-refractivity contribution in [2.45, 2.75) is 31.8 Å². The number of para-hydroxylation sites is 1. The molecule has 1 saturated carbocycles. The van der Waals surface area contributed by atoms with Crippen molar-refractivity contribution in [3.8, 4) is 0 Å². The lowest BCUT2D eigenvalue weighted by atomic mass is 10.1. The Bertz CT molecular complexity index is 851. The Morgan fingerprint density at radius 2 is 1.79 bits per heavy atom. The van der Waals surface area contributed by atoms with Gasteiger partial charge in [0.15, 0.2) is 0 Å². The van der Waals surface area contributed by atoms with Gasteiger partial charge in [0.05, 0.1) is 11.9 Å². The highest BCUT2D eigenvalue weighted by atomic mass is 16.2. The summed E-state index contributed by atoms with van der Waals surface area (Å²) in [6, 6.07) is 20.7. The number of hydrogen-bond donors (Lipinski definition) is 0. The zero-order valence-electron chi connectivity index (χ0n) is 13.6. The molecule has 0 radical (unpaired) electrons. The monoisotopic (exact) mass is 316 g/mol. The van der Waals surface area contributed by atoms with Crippen LogP contribution in [0.3, 0.4) is 0 Å². The number of aromatic nitrogens is 1. The number of amides is 1. The van der Waals surface area contributed by atoms with E-state index in [0.29, 0.717) is 19.0 Å². The molecule has 1 heterocycles. The summed E-state index contributed by atoms with van der Waals surface area (Å²) < 4.78 is 0. The number of benzene rings is 2. The molecule has 0 saturated heterocycles. The van der Waals surface area contributed by atoms with Crippen LogP contribution < -0.4 is 0 Å². The standard InChI is InChI=1S/C21H20N2O/c24-20(14-18-9-4-8-17-10-5-13-22-21(17)18)23(19-11-12-19)15-16-6-2-1-3-7-16/h1-10,13,19H,11-12,14-15H2. The quantitative estimate of drug-likeness (QED) is 0.713. The van der Waals surface area contributed by atoms with Crippen LogP contribution in [0.1, 0.15) is 24.0 Å². The van der Waals surface area contributed by atoms with E-state index in [1.54, 1.807) is 6.20 Å². The van der Waals surface area contributed by atoms with E-state index in [9.17, 15) is 4.79 Å². The van der Waals surface area contributed by atoms with E-state index in [4.69, 9.17) is 0 Å². The maximum Gasteiger partial charge on any atom is 0.227 e. The number of carbonyl (C=O) groups excluding carboxylic acids is 1. The molecule has 1 aliphatic rings. The van der Waals surface area contributed by atoms with Crippen LogP contribution in [0.5, 0.6) is 0 Å². The van der Waals surface area contributed by atoms with E-state index in [2.05, 4.69) is 17.1 Å². The number of hydrogen-bond acceptors (Lipinski definition) is 2. The van der Waals surface area contributed by atoms with Crippen molar-refractivity contribution < 1.29 is 4.79 Å². The maximum absolute atomic E-state index is 12.9. The van der Waals surface area contributed by atoms with Crippen LogP contribution in [0.25, 0.3) is 10.9 Å². The van der Waals surface area contributed by atoms with E-state index < -0.39 is 0 Å². The fraction of sp³-hybridized carbons (Fsp3) is 0.238. The number of carbonyl (C=O) groups is 1. The normalized spacial score (nSPS) is 13.8. The third kappa shape index (κ3) is 3.16. The molecular formula is C21H20N2O. The fourth-order valence-corrected chi connectivity index (χ4v) is 3.16. The van der Waals surface area contributed by atoms with Crippen LogP contribution in [-0.4, -0.2) is 21.8 Å². The average molecular weight is 316 g/mol. The van der Waals surface area contributed by atoms with E-state index in [-0.39, 0.29) is 5.91 Å². The van der Waals surface area contributed by atoms with Crippen molar-refractivity contribution >= 4 is 16.8 Å². The summed E-state index contributed by atoms with van der Waals surface area (Å²) in [7, 11) is 0. The van der Waals surface area contributed by atoms with Gasteiger partial charge in [0, 0.05) is 24.2 Å². The minimum absolute atomic E-state index is 0.194. The molecule has 3 aromatic rings. The molecule has 0 spiro atoms. The van der Waals surface area contributed by atoms with Gasteiger partial charge in [-0.2, -0.15) is 0 Å². The summed E-state index contributed by atoms with van der Waals surface area (Å²) in [5.41, 5.74) is 3.13. The Balaban J connectivity index is 1.57. The Hall–Kier alpha value is -2.68. The lowest BCUT2D eigenvalue weighted by Crippen LogP contribution is -2.33. The summed E-state index contributed by atoms with van der Waals surface area (Å²) in [5.74, 6) is 0.194. The largest absolute Gasteiger partial charge is 0.335 e. The van der Waals surface area contributed by atoms with Crippen molar-refractivity contribution in [1.82, 2.24) is 9.88 Å². The minimum Gasteiger partial charge on any atom is -0.335 e. The van der Waals surface area contributed by atoms with Crippen molar-refractivity contribution in [3.05, 3.63) is 78.0 Å². The van der Waals surface area contributed by atoms with E-state index >= 15 is 0 Å². The first-order valence-electron chi connectivity index (χ1n) is 8.47. The van der Waals surface area contributed by atoms with E-state index in [1.165, 1.54) is 5.56 Å². The number of fused-ring (bicyclic) bond motifs is 1. The van der Waals surface area contributed by atoms with Gasteiger partial charge in [-0.05, 0) is 30.0 Å². The second kappa shape index (κ2) is 6.44. The molecule has 0 N–H and O–H groups in total. The fourth-order valence-electron chi connectivity index (χ4n) is 3.16. The smallest absolute Gasteiger partial charge is 0.227 e. The molecule has 4 rings (SSSR count). The Labute approximate surface area is 141 Å². The van der Waals surface area contributed by atoms with Gasteiger partial charge in [0.2, 0.25) is 5.91 Å². The van der Waals surface area contributed by atoms with Gasteiger partial charge >= 0.3 is 0 Å². The summed E-state index contributed by atoms with van der Waals surface area (Å²) in [5, 5.41) is 1.09. The van der Waals surface area contributed by atoms with Crippen molar-refractivity contribution in [2.24, 2.45) is 0 Å². The lowest BCUT2D eigenvalue weighted by Gasteiger charge is -2.23. The molecule has 0 unspecified atom stereocenters. The molecule has 24 heavy (non-hydrogen) atoms. The van der Waals surface area contributed by atoms with Crippen LogP contribution in [0.2, 0.25) is 0 Å². The molecule has 1 fully saturated rings. The number of nitrogens with zero attached hydrogens (tertiary/aromatic N) is 2. The third-order valence-corrected chi connectivity index (χ3v) is 4.56. The molecule has 3 heteroatoms. The predicted molar refractivity (Wildman–Crippen MR) is 95.5 cm³/mol. The topological polar surface area (TPSA) is 33.2 Å². The summed E-state index contributed by atoms with van der Waals surface area (Å²) in [4.78, 5) is 19.4. The van der Waals surface area contributed by atoms with E-state index in [1.807, 2.05) is 53.4 Å². The molecule has 0 atom stereocenters. The first-order chi connectivity index (χ1) is 11.8. The summed E-state index contributed by atoms with van der Waals surface area (Å²) >= 11 is 0. The molecule has 120 valence electrons. The molecule has 2 aromatic carbocycles. The second-order valence-electron chi connectivity index (χ2n) is 6.41. The Kier molecular flexibility index (Phi) is 3.99. The molecule has 1 aliphatic carbocycles. The van der Waals surface area contributed by atoms with Gasteiger partial charge < -0.3 is 4.90 Å². The highest BCUT2D eigenvalue weighted by Crippen LogP contribution is 2.29. The number of pyridine rings is 1. The van der Waals surface area contributed by atoms with Crippen LogP contribution in [-0.2, 0) is 17.8 Å². The molecule has 3 nitrogen and oxygen atoms in total. The van der Waals surface area contributed by atoms with Gasteiger partial charge in [-0.25, -0.2) is 0 Å². The predicted octanol–water partition coefficient (Wildman–Crippen LogP) is 3.97. The SMILES string of the molecule is O=C(Cc1cccc2cccnc12)N(Cc1ccccc1)C1CC1. The van der Waals surface area contributed by atoms with Gasteiger partial charge in [0.25, 0.3) is 0 Å². The number of rotatable bonds is 5. The molecular weight excluding hydrogens is 296 g/mol. The zero-order chi connectivity index (χ0) is 16.4. The molecule has 1 amide bonds. The second-order valence-corrected chi connectivity index (χ2v) is 6.41.